The summed E-state index contributed by atoms with van der Waals surface area (Å²) in [5.74, 6) is 0.287. The van der Waals surface area contributed by atoms with E-state index in [1.54, 1.807) is 12.1 Å². The monoisotopic (exact) mass is 392 g/mol. The number of phenols is 2. The van der Waals surface area contributed by atoms with Crippen LogP contribution in [0.25, 0.3) is 0 Å². The molecule has 0 fully saturated rings. The second-order valence-corrected chi connectivity index (χ2v) is 7.86. The lowest BCUT2D eigenvalue weighted by Gasteiger charge is -2.14. The maximum absolute atomic E-state index is 10.5. The van der Waals surface area contributed by atoms with Gasteiger partial charge in [-0.1, -0.05) is 59.2 Å². The Kier molecular flexibility index (Phi) is 6.26. The van der Waals surface area contributed by atoms with Crippen molar-refractivity contribution in [2.75, 3.05) is 0 Å². The van der Waals surface area contributed by atoms with Gasteiger partial charge in [0, 0.05) is 24.0 Å². The number of aliphatic hydroxyl groups is 2. The zero-order valence-corrected chi connectivity index (χ0v) is 17.2. The van der Waals surface area contributed by atoms with Gasteiger partial charge in [-0.15, -0.1) is 0 Å². The quantitative estimate of drug-likeness (QED) is 0.507. The number of aromatic hydroxyl groups is 2. The van der Waals surface area contributed by atoms with E-state index in [-0.39, 0.29) is 24.7 Å². The standard InChI is InChI=1S/C25H28O4/c1-15-4-18(11-20-6-16(2)8-22(13-26)24(20)28)10-19(5-15)12-21-7-17(3)9-23(14-27)25(21)29/h4-10,26-29H,11-14H2,1-3H3. The Labute approximate surface area is 171 Å². The van der Waals surface area contributed by atoms with Gasteiger partial charge in [-0.05, 0) is 43.0 Å². The largest absolute Gasteiger partial charge is 0.507 e. The third-order valence-electron chi connectivity index (χ3n) is 5.15. The fourth-order valence-electron chi connectivity index (χ4n) is 3.97. The van der Waals surface area contributed by atoms with Crippen LogP contribution in [-0.2, 0) is 26.1 Å². The molecule has 3 rings (SSSR count). The molecule has 0 aromatic heterocycles. The van der Waals surface area contributed by atoms with Crippen LogP contribution in [0.1, 0.15) is 50.1 Å². The minimum atomic E-state index is -0.195. The summed E-state index contributed by atoms with van der Waals surface area (Å²) in [4.78, 5) is 0. The SMILES string of the molecule is Cc1cc(Cc2cc(C)cc(CO)c2O)cc(Cc2cc(C)cc(CO)c2O)c1. The first-order chi connectivity index (χ1) is 13.8. The second kappa shape index (κ2) is 8.68. The van der Waals surface area contributed by atoms with Crippen molar-refractivity contribution >= 4 is 0 Å². The van der Waals surface area contributed by atoms with Crippen LogP contribution >= 0.6 is 0 Å². The number of aliphatic hydroxyl groups excluding tert-OH is 2. The molecule has 0 aliphatic heterocycles. The van der Waals surface area contributed by atoms with Crippen molar-refractivity contribution in [3.8, 4) is 11.5 Å². The zero-order valence-electron chi connectivity index (χ0n) is 17.2. The van der Waals surface area contributed by atoms with Gasteiger partial charge in [-0.25, -0.2) is 0 Å². The fraction of sp³-hybridized carbons (Fsp3) is 0.280. The van der Waals surface area contributed by atoms with Crippen molar-refractivity contribution < 1.29 is 20.4 Å². The summed E-state index contributed by atoms with van der Waals surface area (Å²) in [6, 6.07) is 13.7. The summed E-state index contributed by atoms with van der Waals surface area (Å²) in [7, 11) is 0. The van der Waals surface area contributed by atoms with Gasteiger partial charge in [0.1, 0.15) is 11.5 Å². The van der Waals surface area contributed by atoms with Crippen molar-refractivity contribution in [3.05, 3.63) is 92.5 Å². The highest BCUT2D eigenvalue weighted by molar-refractivity contribution is 5.48. The Morgan fingerprint density at radius 3 is 1.24 bits per heavy atom. The first-order valence-electron chi connectivity index (χ1n) is 9.74. The topological polar surface area (TPSA) is 80.9 Å². The first-order valence-corrected chi connectivity index (χ1v) is 9.74. The summed E-state index contributed by atoms with van der Waals surface area (Å²) in [6.45, 7) is 5.53. The van der Waals surface area contributed by atoms with E-state index >= 15 is 0 Å². The molecule has 4 N–H and O–H groups in total. The molecular weight excluding hydrogens is 364 g/mol. The number of hydrogen-bond donors (Lipinski definition) is 4. The van der Waals surface area contributed by atoms with E-state index in [9.17, 15) is 20.4 Å². The van der Waals surface area contributed by atoms with Crippen LogP contribution in [0.15, 0.2) is 42.5 Å². The number of rotatable bonds is 6. The van der Waals surface area contributed by atoms with E-state index in [1.807, 2.05) is 32.9 Å². The Hall–Kier alpha value is -2.82. The molecule has 0 radical (unpaired) electrons. The third-order valence-corrected chi connectivity index (χ3v) is 5.15. The fourth-order valence-corrected chi connectivity index (χ4v) is 3.97. The molecule has 0 bridgehead atoms. The molecule has 29 heavy (non-hydrogen) atoms. The molecular formula is C25H28O4. The second-order valence-electron chi connectivity index (χ2n) is 7.86. The molecule has 0 saturated carbocycles. The van der Waals surface area contributed by atoms with Crippen LogP contribution < -0.4 is 0 Å². The van der Waals surface area contributed by atoms with Crippen LogP contribution in [0.4, 0.5) is 0 Å². The maximum atomic E-state index is 10.5. The summed E-state index contributed by atoms with van der Waals surface area (Å²) >= 11 is 0. The minimum absolute atomic E-state index is 0.144. The lowest BCUT2D eigenvalue weighted by molar-refractivity contribution is 0.274. The molecule has 4 nitrogen and oxygen atoms in total. The highest BCUT2D eigenvalue weighted by atomic mass is 16.3. The number of hydrogen-bond acceptors (Lipinski definition) is 4. The number of benzene rings is 3. The van der Waals surface area contributed by atoms with Gasteiger partial charge in [0.15, 0.2) is 0 Å². The molecule has 0 aliphatic carbocycles. The van der Waals surface area contributed by atoms with Crippen molar-refractivity contribution in [3.63, 3.8) is 0 Å². The van der Waals surface area contributed by atoms with Crippen molar-refractivity contribution in [2.24, 2.45) is 0 Å². The lowest BCUT2D eigenvalue weighted by Crippen LogP contribution is -1.99. The van der Waals surface area contributed by atoms with Crippen molar-refractivity contribution in [1.29, 1.82) is 0 Å². The van der Waals surface area contributed by atoms with Crippen LogP contribution in [0.3, 0.4) is 0 Å². The van der Waals surface area contributed by atoms with E-state index in [1.165, 1.54) is 0 Å². The Morgan fingerprint density at radius 2 is 0.862 bits per heavy atom. The van der Waals surface area contributed by atoms with Crippen molar-refractivity contribution in [2.45, 2.75) is 46.8 Å². The van der Waals surface area contributed by atoms with Crippen LogP contribution in [0.5, 0.6) is 11.5 Å². The summed E-state index contributed by atoms with van der Waals surface area (Å²) < 4.78 is 0. The molecule has 0 unspecified atom stereocenters. The van der Waals surface area contributed by atoms with Crippen LogP contribution in [0, 0.1) is 20.8 Å². The summed E-state index contributed by atoms with van der Waals surface area (Å²) in [5, 5.41) is 39.9. The van der Waals surface area contributed by atoms with E-state index in [4.69, 9.17) is 0 Å². The lowest BCUT2D eigenvalue weighted by atomic mass is 9.93. The Morgan fingerprint density at radius 1 is 0.517 bits per heavy atom. The molecule has 4 heteroatoms. The van der Waals surface area contributed by atoms with Gasteiger partial charge < -0.3 is 20.4 Å². The molecule has 3 aromatic rings. The van der Waals surface area contributed by atoms with Gasteiger partial charge in [-0.2, -0.15) is 0 Å². The van der Waals surface area contributed by atoms with E-state index < -0.39 is 0 Å². The predicted molar refractivity (Wildman–Crippen MR) is 114 cm³/mol. The van der Waals surface area contributed by atoms with E-state index in [0.717, 1.165) is 38.9 Å². The molecule has 0 atom stereocenters. The number of aryl methyl sites for hydroxylation is 3. The zero-order chi connectivity index (χ0) is 21.1. The molecule has 0 spiro atoms. The molecule has 0 amide bonds. The molecule has 152 valence electrons. The van der Waals surface area contributed by atoms with Gasteiger partial charge in [0.05, 0.1) is 13.2 Å². The van der Waals surface area contributed by atoms with Gasteiger partial charge >= 0.3 is 0 Å². The summed E-state index contributed by atoms with van der Waals surface area (Å²) in [5.41, 5.74) is 7.84. The van der Waals surface area contributed by atoms with Crippen LogP contribution in [-0.4, -0.2) is 20.4 Å². The highest BCUT2D eigenvalue weighted by Gasteiger charge is 2.12. The minimum Gasteiger partial charge on any atom is -0.507 e. The normalized spacial score (nSPS) is 11.1. The smallest absolute Gasteiger partial charge is 0.124 e. The van der Waals surface area contributed by atoms with E-state index in [0.29, 0.717) is 24.0 Å². The first kappa shape index (κ1) is 20.9. The van der Waals surface area contributed by atoms with E-state index in [2.05, 4.69) is 18.2 Å². The maximum Gasteiger partial charge on any atom is 0.124 e. The van der Waals surface area contributed by atoms with Crippen LogP contribution in [0.2, 0.25) is 0 Å². The summed E-state index contributed by atoms with van der Waals surface area (Å²) in [6.07, 6.45) is 1.10. The van der Waals surface area contributed by atoms with Crippen molar-refractivity contribution in [1.82, 2.24) is 0 Å². The third kappa shape index (κ3) is 4.78. The predicted octanol–water partition coefficient (Wildman–Crippen LogP) is 4.19. The Balaban J connectivity index is 1.94. The molecule has 0 saturated heterocycles. The Bertz CT molecular complexity index is 958. The molecule has 0 heterocycles. The molecule has 3 aromatic carbocycles. The van der Waals surface area contributed by atoms with Gasteiger partial charge in [0.2, 0.25) is 0 Å². The average molecular weight is 392 g/mol. The molecule has 0 aliphatic rings. The van der Waals surface area contributed by atoms with Gasteiger partial charge in [-0.3, -0.25) is 0 Å². The average Bonchev–Trinajstić information content (AvgIpc) is 2.66. The highest BCUT2D eigenvalue weighted by Crippen LogP contribution is 2.30. The van der Waals surface area contributed by atoms with Gasteiger partial charge in [0.25, 0.3) is 0 Å².